The summed E-state index contributed by atoms with van der Waals surface area (Å²) in [6.07, 6.45) is 12.7. The van der Waals surface area contributed by atoms with Gasteiger partial charge in [-0.1, -0.05) is 51.5 Å². The molecule has 0 rings (SSSR count). The summed E-state index contributed by atoms with van der Waals surface area (Å²) >= 11 is 0. The van der Waals surface area contributed by atoms with Crippen LogP contribution in [-0.4, -0.2) is 11.2 Å². The molecule has 1 N–H and O–H groups in total. The van der Waals surface area contributed by atoms with Crippen LogP contribution in [0.5, 0.6) is 0 Å². The first-order valence-corrected chi connectivity index (χ1v) is 5.83. The fraction of sp³-hybridized carbons (Fsp3) is 0.750. The Kier molecular flexibility index (Phi) is 10.6. The third-order valence-electron chi connectivity index (χ3n) is 2.32. The van der Waals surface area contributed by atoms with Crippen molar-refractivity contribution in [3.8, 4) is 0 Å². The molecule has 0 radical (unpaired) electrons. The number of allylic oxidation sites excluding steroid dienone is 1. The molecule has 88 valence electrons. The maximum Gasteiger partial charge on any atom is 0.365 e. The van der Waals surface area contributed by atoms with Crippen LogP contribution in [0.15, 0.2) is 12.2 Å². The topological polar surface area (TPSA) is 46.5 Å². The molecule has 0 aromatic rings. The van der Waals surface area contributed by atoms with Gasteiger partial charge >= 0.3 is 5.97 Å². The summed E-state index contributed by atoms with van der Waals surface area (Å²) < 4.78 is 0. The fourth-order valence-electron chi connectivity index (χ4n) is 1.43. The van der Waals surface area contributed by atoms with E-state index in [-0.39, 0.29) is 0 Å². The molecule has 0 heterocycles. The van der Waals surface area contributed by atoms with Crippen LogP contribution in [0.25, 0.3) is 0 Å². The Morgan fingerprint density at radius 1 is 1.13 bits per heavy atom. The molecular formula is C12H22O3. The van der Waals surface area contributed by atoms with Crippen molar-refractivity contribution in [2.75, 3.05) is 0 Å². The molecule has 0 aromatic heterocycles. The van der Waals surface area contributed by atoms with Crippen LogP contribution < -0.4 is 0 Å². The molecule has 0 aliphatic heterocycles. The zero-order valence-electron chi connectivity index (χ0n) is 9.58. The van der Waals surface area contributed by atoms with Crippen LogP contribution in [0, 0.1) is 0 Å². The average molecular weight is 214 g/mol. The van der Waals surface area contributed by atoms with Crippen molar-refractivity contribution in [2.45, 2.75) is 58.3 Å². The van der Waals surface area contributed by atoms with E-state index in [0.717, 1.165) is 12.8 Å². The van der Waals surface area contributed by atoms with Crippen molar-refractivity contribution in [2.24, 2.45) is 0 Å². The van der Waals surface area contributed by atoms with Crippen molar-refractivity contribution in [3.05, 3.63) is 12.2 Å². The van der Waals surface area contributed by atoms with Gasteiger partial charge in [0.1, 0.15) is 0 Å². The minimum absolute atomic E-state index is 0.696. The Morgan fingerprint density at radius 2 is 1.73 bits per heavy atom. The van der Waals surface area contributed by atoms with Crippen molar-refractivity contribution >= 4 is 5.97 Å². The number of unbranched alkanes of at least 4 members (excludes halogenated alkanes) is 7. The highest BCUT2D eigenvalue weighted by atomic mass is 17.1. The van der Waals surface area contributed by atoms with Gasteiger partial charge in [-0.05, 0) is 12.8 Å². The van der Waals surface area contributed by atoms with Gasteiger partial charge in [-0.15, -0.1) is 0 Å². The lowest BCUT2D eigenvalue weighted by Crippen LogP contribution is -1.93. The maximum atomic E-state index is 10.5. The SMILES string of the molecule is CCCCCCCCC/C=C/C(=O)OO. The van der Waals surface area contributed by atoms with Gasteiger partial charge in [-0.2, -0.15) is 5.26 Å². The lowest BCUT2D eigenvalue weighted by atomic mass is 10.1. The molecule has 0 fully saturated rings. The van der Waals surface area contributed by atoms with Gasteiger partial charge in [0.05, 0.1) is 0 Å². The first kappa shape index (κ1) is 14.2. The second kappa shape index (κ2) is 11.2. The highest BCUT2D eigenvalue weighted by molar-refractivity contribution is 5.81. The summed E-state index contributed by atoms with van der Waals surface area (Å²) in [6.45, 7) is 2.21. The highest BCUT2D eigenvalue weighted by Crippen LogP contribution is 2.08. The average Bonchev–Trinajstić information content (AvgIpc) is 2.26. The van der Waals surface area contributed by atoms with E-state index in [2.05, 4.69) is 11.8 Å². The molecule has 0 aliphatic rings. The molecule has 0 amide bonds. The molecule has 15 heavy (non-hydrogen) atoms. The quantitative estimate of drug-likeness (QED) is 0.275. The van der Waals surface area contributed by atoms with E-state index in [9.17, 15) is 4.79 Å². The van der Waals surface area contributed by atoms with Crippen LogP contribution >= 0.6 is 0 Å². The van der Waals surface area contributed by atoms with E-state index in [4.69, 9.17) is 5.26 Å². The van der Waals surface area contributed by atoms with E-state index in [1.165, 1.54) is 44.6 Å². The van der Waals surface area contributed by atoms with Crippen molar-refractivity contribution < 1.29 is 14.9 Å². The Bertz CT molecular complexity index is 176. The molecular weight excluding hydrogens is 192 g/mol. The summed E-state index contributed by atoms with van der Waals surface area (Å²) in [7, 11) is 0. The van der Waals surface area contributed by atoms with E-state index in [1.54, 1.807) is 6.08 Å². The zero-order valence-corrected chi connectivity index (χ0v) is 9.58. The Morgan fingerprint density at radius 3 is 2.33 bits per heavy atom. The number of carbonyl (C=O) groups excluding carboxylic acids is 1. The smallest absolute Gasteiger partial charge is 0.296 e. The molecule has 0 bridgehead atoms. The molecule has 0 saturated carbocycles. The predicted molar refractivity (Wildman–Crippen MR) is 60.5 cm³/mol. The number of rotatable bonds is 9. The van der Waals surface area contributed by atoms with Crippen LogP contribution in [-0.2, 0) is 9.68 Å². The Labute approximate surface area is 92.1 Å². The molecule has 0 aliphatic carbocycles. The molecule has 3 heteroatoms. The van der Waals surface area contributed by atoms with Crippen molar-refractivity contribution in [1.29, 1.82) is 0 Å². The van der Waals surface area contributed by atoms with Gasteiger partial charge in [-0.3, -0.25) is 4.89 Å². The Hall–Kier alpha value is -0.830. The van der Waals surface area contributed by atoms with Crippen molar-refractivity contribution in [3.63, 3.8) is 0 Å². The lowest BCUT2D eigenvalue weighted by molar-refractivity contribution is -0.228. The summed E-state index contributed by atoms with van der Waals surface area (Å²) in [4.78, 5) is 14.0. The fourth-order valence-corrected chi connectivity index (χ4v) is 1.43. The van der Waals surface area contributed by atoms with E-state index in [0.29, 0.717) is 0 Å². The van der Waals surface area contributed by atoms with Gasteiger partial charge < -0.3 is 0 Å². The molecule has 3 nitrogen and oxygen atoms in total. The van der Waals surface area contributed by atoms with Gasteiger partial charge in [0.15, 0.2) is 0 Å². The van der Waals surface area contributed by atoms with Gasteiger partial charge in [-0.25, -0.2) is 4.79 Å². The maximum absolute atomic E-state index is 10.5. The normalized spacial score (nSPS) is 10.8. The van der Waals surface area contributed by atoms with Crippen LogP contribution in [0.4, 0.5) is 0 Å². The van der Waals surface area contributed by atoms with E-state index < -0.39 is 5.97 Å². The minimum atomic E-state index is -0.696. The second-order valence-corrected chi connectivity index (χ2v) is 3.72. The molecule has 0 spiro atoms. The van der Waals surface area contributed by atoms with Gasteiger partial charge in [0.2, 0.25) is 0 Å². The molecule has 0 unspecified atom stereocenters. The zero-order chi connectivity index (χ0) is 11.4. The first-order valence-electron chi connectivity index (χ1n) is 5.83. The third-order valence-corrected chi connectivity index (χ3v) is 2.32. The lowest BCUT2D eigenvalue weighted by Gasteiger charge is -1.98. The molecule has 0 atom stereocenters. The predicted octanol–water partition coefficient (Wildman–Crippen LogP) is 3.70. The van der Waals surface area contributed by atoms with Crippen LogP contribution in [0.3, 0.4) is 0 Å². The summed E-state index contributed by atoms with van der Waals surface area (Å²) in [6, 6.07) is 0. The van der Waals surface area contributed by atoms with Crippen LogP contribution in [0.1, 0.15) is 58.3 Å². The summed E-state index contributed by atoms with van der Waals surface area (Å²) in [5, 5.41) is 7.96. The van der Waals surface area contributed by atoms with Crippen molar-refractivity contribution in [1.82, 2.24) is 0 Å². The number of carbonyl (C=O) groups is 1. The standard InChI is InChI=1S/C12H22O3/c1-2-3-4-5-6-7-8-9-10-11-12(13)15-14/h10-11,14H,2-9H2,1H3/b11-10+. The van der Waals surface area contributed by atoms with E-state index in [1.807, 2.05) is 0 Å². The van der Waals surface area contributed by atoms with Gasteiger partial charge in [0.25, 0.3) is 0 Å². The summed E-state index contributed by atoms with van der Waals surface area (Å²) in [5.41, 5.74) is 0. The molecule has 0 saturated heterocycles. The Balaban J connectivity index is 3.11. The monoisotopic (exact) mass is 214 g/mol. The van der Waals surface area contributed by atoms with Gasteiger partial charge in [0, 0.05) is 6.08 Å². The van der Waals surface area contributed by atoms with E-state index >= 15 is 0 Å². The second-order valence-electron chi connectivity index (χ2n) is 3.72. The number of hydrogen-bond acceptors (Lipinski definition) is 3. The van der Waals surface area contributed by atoms with Crippen LogP contribution in [0.2, 0.25) is 0 Å². The largest absolute Gasteiger partial charge is 0.365 e. The first-order chi connectivity index (χ1) is 7.31. The summed E-state index contributed by atoms with van der Waals surface area (Å²) in [5.74, 6) is -0.696. The molecule has 0 aromatic carbocycles. The number of hydrogen-bond donors (Lipinski definition) is 1. The minimum Gasteiger partial charge on any atom is -0.296 e. The highest BCUT2D eigenvalue weighted by Gasteiger charge is 1.92. The third kappa shape index (κ3) is 11.1.